The van der Waals surface area contributed by atoms with E-state index in [0.717, 1.165) is 36.7 Å². The van der Waals surface area contributed by atoms with Gasteiger partial charge < -0.3 is 9.84 Å². The highest BCUT2D eigenvalue weighted by atomic mass is 19.2. The maximum absolute atomic E-state index is 12.9. The van der Waals surface area contributed by atoms with Gasteiger partial charge in [-0.25, -0.2) is 13.8 Å². The molecule has 1 aromatic carbocycles. The van der Waals surface area contributed by atoms with Crippen LogP contribution in [0.25, 0.3) is 0 Å². The monoisotopic (exact) mass is 563 g/mol. The van der Waals surface area contributed by atoms with E-state index in [1.165, 1.54) is 6.07 Å². The SMILES string of the molecule is C=CCC(=C)C(C)/C=N/Nc1ccc(F)c(F)c1.C=CN=O.CC.CC/C=C/C(N=CCOCC(C)(C)O)=NC. The number of hydrazone groups is 1. The smallest absolute Gasteiger partial charge is 0.160 e. The first-order chi connectivity index (χ1) is 18.9. The van der Waals surface area contributed by atoms with Crippen LogP contribution in [0, 0.1) is 22.5 Å². The topological polar surface area (TPSA) is 108 Å². The molecule has 0 aliphatic heterocycles. The van der Waals surface area contributed by atoms with Crippen molar-refractivity contribution < 1.29 is 18.6 Å². The average molecular weight is 564 g/mol. The lowest BCUT2D eigenvalue weighted by atomic mass is 10.0. The minimum atomic E-state index is -0.903. The molecule has 0 radical (unpaired) electrons. The Balaban J connectivity index is -0.000000575. The van der Waals surface area contributed by atoms with Gasteiger partial charge in [0.25, 0.3) is 0 Å². The summed E-state index contributed by atoms with van der Waals surface area (Å²) < 4.78 is 30.8. The molecule has 1 atom stereocenters. The lowest BCUT2D eigenvalue weighted by molar-refractivity contribution is -0.00895. The molecule has 0 aliphatic carbocycles. The van der Waals surface area contributed by atoms with Crippen LogP contribution < -0.4 is 5.43 Å². The van der Waals surface area contributed by atoms with Gasteiger partial charge in [-0.05, 0) is 50.1 Å². The lowest BCUT2D eigenvalue weighted by Gasteiger charge is -2.15. The Kier molecular flexibility index (Phi) is 27.5. The van der Waals surface area contributed by atoms with Gasteiger partial charge in [-0.3, -0.25) is 10.4 Å². The van der Waals surface area contributed by atoms with Gasteiger partial charge in [0.15, 0.2) is 11.6 Å². The minimum absolute atomic E-state index is 0.0841. The third-order valence-electron chi connectivity index (χ3n) is 4.14. The summed E-state index contributed by atoms with van der Waals surface area (Å²) in [7, 11) is 1.70. The van der Waals surface area contributed by atoms with Crippen molar-refractivity contribution in [2.24, 2.45) is 26.2 Å². The van der Waals surface area contributed by atoms with Crippen molar-refractivity contribution in [2.45, 2.75) is 60.0 Å². The molecule has 0 fully saturated rings. The number of anilines is 1. The van der Waals surface area contributed by atoms with E-state index in [-0.39, 0.29) is 5.92 Å². The van der Waals surface area contributed by atoms with Gasteiger partial charge in [0.2, 0.25) is 0 Å². The molecule has 224 valence electrons. The van der Waals surface area contributed by atoms with Crippen molar-refractivity contribution in [3.8, 4) is 0 Å². The third kappa shape index (κ3) is 26.0. The Bertz CT molecular complexity index is 963. The van der Waals surface area contributed by atoms with Crippen LogP contribution in [0.4, 0.5) is 14.5 Å². The Morgan fingerprint density at radius 3 is 2.33 bits per heavy atom. The van der Waals surface area contributed by atoms with E-state index in [4.69, 9.17) is 9.64 Å². The Morgan fingerprint density at radius 1 is 1.23 bits per heavy atom. The minimum Gasteiger partial charge on any atom is -0.388 e. The number of nitrogens with one attached hydrogen (secondary N) is 1. The van der Waals surface area contributed by atoms with Gasteiger partial charge in [0.1, 0.15) is 5.84 Å². The van der Waals surface area contributed by atoms with E-state index in [9.17, 15) is 13.9 Å². The van der Waals surface area contributed by atoms with Crippen LogP contribution in [0.15, 0.2) is 88.2 Å². The molecule has 0 aromatic heterocycles. The maximum atomic E-state index is 12.9. The van der Waals surface area contributed by atoms with Crippen molar-refractivity contribution in [1.82, 2.24) is 0 Å². The summed E-state index contributed by atoms with van der Waals surface area (Å²) in [6.45, 7) is 22.6. The van der Waals surface area contributed by atoms with Crippen LogP contribution >= 0.6 is 0 Å². The molecule has 0 saturated carbocycles. The highest BCUT2D eigenvalue weighted by molar-refractivity contribution is 5.98. The maximum Gasteiger partial charge on any atom is 0.160 e. The molecule has 2 N–H and O–H groups in total. The first kappa shape index (κ1) is 40.9. The number of aliphatic imine (C=N–C) groups is 2. The first-order valence-electron chi connectivity index (χ1n) is 12.9. The van der Waals surface area contributed by atoms with Crippen molar-refractivity contribution in [1.29, 1.82) is 0 Å². The molecule has 0 heterocycles. The first-order valence-corrected chi connectivity index (χ1v) is 12.9. The van der Waals surface area contributed by atoms with E-state index in [2.05, 4.69) is 52.3 Å². The van der Waals surface area contributed by atoms with Crippen molar-refractivity contribution in [2.75, 3.05) is 25.7 Å². The number of nitroso groups, excluding NO2 is 1. The second-order valence-electron chi connectivity index (χ2n) is 8.28. The number of ether oxygens (including phenoxy) is 1. The molecular formula is C30H47F2N5O3. The fraction of sp³-hybridized carbons (Fsp3) is 0.433. The average Bonchev–Trinajstić information content (AvgIpc) is 2.93. The Hall–Kier alpha value is -3.63. The normalized spacial score (nSPS) is 11.9. The molecule has 1 aromatic rings. The summed E-state index contributed by atoms with van der Waals surface area (Å²) in [4.78, 5) is 16.9. The molecule has 0 saturated heterocycles. The van der Waals surface area contributed by atoms with Gasteiger partial charge in [-0.2, -0.15) is 5.10 Å². The fourth-order valence-electron chi connectivity index (χ4n) is 2.16. The van der Waals surface area contributed by atoms with Gasteiger partial charge in [-0.1, -0.05) is 58.6 Å². The summed E-state index contributed by atoms with van der Waals surface area (Å²) in [5.41, 5.74) is 3.22. The molecule has 0 aliphatic rings. The number of amidine groups is 1. The van der Waals surface area contributed by atoms with Crippen LogP contribution in [0.2, 0.25) is 0 Å². The number of hydrogen-bond donors (Lipinski definition) is 2. The number of rotatable bonds is 13. The van der Waals surface area contributed by atoms with E-state index in [1.54, 1.807) is 39.4 Å². The predicted molar refractivity (Wildman–Crippen MR) is 167 cm³/mol. The lowest BCUT2D eigenvalue weighted by Crippen LogP contribution is -2.26. The summed E-state index contributed by atoms with van der Waals surface area (Å²) in [5.74, 6) is -1.02. The highest BCUT2D eigenvalue weighted by Gasteiger charge is 2.11. The van der Waals surface area contributed by atoms with Crippen LogP contribution in [-0.2, 0) is 4.74 Å². The zero-order valence-corrected chi connectivity index (χ0v) is 25.0. The molecule has 8 nitrogen and oxygen atoms in total. The van der Waals surface area contributed by atoms with Crippen molar-refractivity contribution in [3.05, 3.63) is 84.5 Å². The fourth-order valence-corrected chi connectivity index (χ4v) is 2.16. The molecule has 40 heavy (non-hydrogen) atoms. The molecule has 0 spiro atoms. The number of benzene rings is 1. The highest BCUT2D eigenvalue weighted by Crippen LogP contribution is 2.14. The van der Waals surface area contributed by atoms with Gasteiger partial charge >= 0.3 is 0 Å². The summed E-state index contributed by atoms with van der Waals surface area (Å²) in [5, 5.41) is 15.6. The number of hydrogen-bond acceptors (Lipinski definition) is 7. The largest absolute Gasteiger partial charge is 0.388 e. The zero-order chi connectivity index (χ0) is 31.4. The molecular weight excluding hydrogens is 516 g/mol. The van der Waals surface area contributed by atoms with Gasteiger partial charge in [0, 0.05) is 31.5 Å². The summed E-state index contributed by atoms with van der Waals surface area (Å²) in [6.07, 6.45) is 11.6. The quantitative estimate of drug-likeness (QED) is 0.0635. The molecule has 0 amide bonds. The predicted octanol–water partition coefficient (Wildman–Crippen LogP) is 7.89. The van der Waals surface area contributed by atoms with Crippen molar-refractivity contribution >= 4 is 24.0 Å². The second kappa shape index (κ2) is 27.0. The van der Waals surface area contributed by atoms with E-state index >= 15 is 0 Å². The van der Waals surface area contributed by atoms with Crippen LogP contribution in [0.1, 0.15) is 54.4 Å². The van der Waals surface area contributed by atoms with Crippen LogP contribution in [0.3, 0.4) is 0 Å². The molecule has 0 bridgehead atoms. The second-order valence-corrected chi connectivity index (χ2v) is 8.28. The van der Waals surface area contributed by atoms with Gasteiger partial charge in [0.05, 0.1) is 30.7 Å². The number of halogens is 2. The summed E-state index contributed by atoms with van der Waals surface area (Å²) >= 11 is 0. The van der Waals surface area contributed by atoms with Crippen LogP contribution in [-0.4, -0.2) is 49.2 Å². The van der Waals surface area contributed by atoms with E-state index < -0.39 is 17.2 Å². The van der Waals surface area contributed by atoms with Crippen LogP contribution in [0.5, 0.6) is 0 Å². The summed E-state index contributed by atoms with van der Waals surface area (Å²) in [6, 6.07) is 3.52. The van der Waals surface area contributed by atoms with Gasteiger partial charge in [-0.15, -0.1) is 11.5 Å². The molecule has 1 rings (SSSR count). The van der Waals surface area contributed by atoms with E-state index in [0.29, 0.717) is 24.7 Å². The Morgan fingerprint density at radius 2 is 1.85 bits per heavy atom. The third-order valence-corrected chi connectivity index (χ3v) is 4.14. The number of aliphatic hydroxyl groups is 1. The number of nitrogens with zero attached hydrogens (tertiary/aromatic N) is 4. The Labute approximate surface area is 239 Å². The van der Waals surface area contributed by atoms with Crippen molar-refractivity contribution in [3.63, 3.8) is 0 Å². The number of allylic oxidation sites excluding steroid dienone is 3. The standard InChI is InChI=1S/C14H16F2N2.C12H22N2O2.C2H3NO.C2H6/c1-4-5-10(2)11(3)9-17-18-12-6-7-13(15)14(16)8-12;1-5-6-7-11(13-4)14-8-9-16-10-12(2,3)15;1-2-3-4;1-2/h4,6-9,11,18H,1-2,5H2,3H3;6-8,15H,5,9-10H2,1-4H3;2H,1H2;1-2H3/b17-9+;7-6+,13-11?,14-8?;;. The zero-order valence-electron chi connectivity index (χ0n) is 25.0. The molecule has 1 unspecified atom stereocenters. The molecule has 10 heteroatoms. The van der Waals surface area contributed by atoms with E-state index in [1.807, 2.05) is 32.9 Å².